The molecule has 0 unspecified atom stereocenters. The van der Waals surface area contributed by atoms with E-state index in [2.05, 4.69) is 15.5 Å². The molecule has 0 aliphatic carbocycles. The van der Waals surface area contributed by atoms with Crippen molar-refractivity contribution in [3.8, 4) is 16.8 Å². The summed E-state index contributed by atoms with van der Waals surface area (Å²) in [6.07, 6.45) is 2.72. The Kier molecular flexibility index (Phi) is 5.24. The normalized spacial score (nSPS) is 10.9. The minimum atomic E-state index is -0.457. The van der Waals surface area contributed by atoms with Crippen molar-refractivity contribution in [1.82, 2.24) is 19.4 Å². The van der Waals surface area contributed by atoms with Crippen molar-refractivity contribution in [2.75, 3.05) is 5.43 Å². The average molecular weight is 439 g/mol. The van der Waals surface area contributed by atoms with Gasteiger partial charge in [-0.05, 0) is 41.0 Å². The van der Waals surface area contributed by atoms with E-state index in [0.717, 1.165) is 21.4 Å². The van der Waals surface area contributed by atoms with E-state index in [4.69, 9.17) is 0 Å². The number of fused-ring (bicyclic) bond motifs is 1. The topological polar surface area (TPSA) is 81.8 Å². The van der Waals surface area contributed by atoms with Gasteiger partial charge < -0.3 is 0 Å². The van der Waals surface area contributed by atoms with Gasteiger partial charge in [0.2, 0.25) is 5.91 Å². The van der Waals surface area contributed by atoms with Crippen molar-refractivity contribution in [2.24, 2.45) is 0 Å². The molecule has 0 saturated heterocycles. The van der Waals surface area contributed by atoms with Gasteiger partial charge in [-0.3, -0.25) is 15.0 Å². The molecule has 0 aliphatic rings. The maximum atomic E-state index is 13.2. The number of amides is 1. The summed E-state index contributed by atoms with van der Waals surface area (Å²) >= 11 is 0. The van der Waals surface area contributed by atoms with Crippen molar-refractivity contribution in [2.45, 2.75) is 6.42 Å². The number of nitrogens with one attached hydrogen (secondary N) is 1. The molecule has 2 aromatic heterocycles. The van der Waals surface area contributed by atoms with Crippen LogP contribution < -0.4 is 11.0 Å². The highest BCUT2D eigenvalue weighted by Gasteiger charge is 2.13. The molecule has 8 heteroatoms. The lowest BCUT2D eigenvalue weighted by molar-refractivity contribution is -0.116. The summed E-state index contributed by atoms with van der Waals surface area (Å²) in [4.78, 5) is 29.6. The lowest BCUT2D eigenvalue weighted by Crippen LogP contribution is -2.34. The molecule has 33 heavy (non-hydrogen) atoms. The maximum Gasteiger partial charge on any atom is 0.283 e. The first-order valence-electron chi connectivity index (χ1n) is 10.2. The van der Waals surface area contributed by atoms with Gasteiger partial charge in [0.1, 0.15) is 17.5 Å². The van der Waals surface area contributed by atoms with Crippen molar-refractivity contribution >= 4 is 16.9 Å². The molecule has 0 spiro atoms. The number of nitrogens with zero attached hydrogens (tertiary/aromatic N) is 4. The second-order valence-corrected chi connectivity index (χ2v) is 7.46. The highest BCUT2D eigenvalue weighted by molar-refractivity contribution is 5.86. The third-order valence-electron chi connectivity index (χ3n) is 5.23. The Hall–Kier alpha value is -4.59. The predicted octanol–water partition coefficient (Wildman–Crippen LogP) is 3.70. The number of halogens is 1. The lowest BCUT2D eigenvalue weighted by atomic mass is 10.0. The molecular weight excluding hydrogens is 421 g/mol. The Bertz CT molecular complexity index is 1490. The van der Waals surface area contributed by atoms with E-state index in [1.807, 2.05) is 54.6 Å². The van der Waals surface area contributed by atoms with Crippen molar-refractivity contribution in [1.29, 1.82) is 0 Å². The zero-order chi connectivity index (χ0) is 22.8. The van der Waals surface area contributed by atoms with Crippen molar-refractivity contribution in [3.05, 3.63) is 113 Å². The Morgan fingerprint density at radius 2 is 1.61 bits per heavy atom. The summed E-state index contributed by atoms with van der Waals surface area (Å²) in [5, 5.41) is 4.41. The largest absolute Gasteiger partial charge is 0.283 e. The van der Waals surface area contributed by atoms with Gasteiger partial charge in [0, 0.05) is 0 Å². The second-order valence-electron chi connectivity index (χ2n) is 7.46. The zero-order valence-corrected chi connectivity index (χ0v) is 17.4. The van der Waals surface area contributed by atoms with Crippen molar-refractivity contribution < 1.29 is 9.18 Å². The number of hydrogen-bond donors (Lipinski definition) is 1. The summed E-state index contributed by atoms with van der Waals surface area (Å²) < 4.78 is 15.7. The first-order chi connectivity index (χ1) is 16.1. The first kappa shape index (κ1) is 20.3. The highest BCUT2D eigenvalue weighted by Crippen LogP contribution is 2.19. The zero-order valence-electron chi connectivity index (χ0n) is 17.4. The molecule has 2 heterocycles. The fourth-order valence-corrected chi connectivity index (χ4v) is 3.57. The molecule has 7 nitrogen and oxygen atoms in total. The number of benzene rings is 3. The van der Waals surface area contributed by atoms with E-state index in [-0.39, 0.29) is 23.5 Å². The molecule has 3 aromatic carbocycles. The molecule has 0 fully saturated rings. The molecule has 1 amide bonds. The monoisotopic (exact) mass is 439 g/mol. The molecule has 0 atom stereocenters. The third-order valence-corrected chi connectivity index (χ3v) is 5.23. The summed E-state index contributed by atoms with van der Waals surface area (Å²) in [5.74, 6) is -0.723. The van der Waals surface area contributed by atoms with Crippen LogP contribution in [0.25, 0.3) is 27.8 Å². The molecule has 0 saturated carbocycles. The van der Waals surface area contributed by atoms with Crippen LogP contribution in [0.5, 0.6) is 0 Å². The summed E-state index contributed by atoms with van der Waals surface area (Å²) in [6, 6.07) is 23.3. The third kappa shape index (κ3) is 4.14. The first-order valence-corrected chi connectivity index (χ1v) is 10.2. The Balaban J connectivity index is 1.33. The van der Waals surface area contributed by atoms with Gasteiger partial charge in [0.25, 0.3) is 5.56 Å². The van der Waals surface area contributed by atoms with Gasteiger partial charge >= 0.3 is 0 Å². The minimum absolute atomic E-state index is 0.106. The van der Waals surface area contributed by atoms with E-state index in [1.54, 1.807) is 12.1 Å². The number of hydrogen-bond acceptors (Lipinski definition) is 4. The Labute approximate surface area is 187 Å². The van der Waals surface area contributed by atoms with Crippen molar-refractivity contribution in [3.63, 3.8) is 0 Å². The molecular formula is C25H18FN5O2. The highest BCUT2D eigenvalue weighted by atomic mass is 19.1. The molecule has 0 aliphatic heterocycles. The molecule has 5 rings (SSSR count). The molecule has 5 aromatic rings. The van der Waals surface area contributed by atoms with Gasteiger partial charge in [0.15, 0.2) is 5.65 Å². The standard InChI is InChI=1S/C25H18FN5O2/c26-20-10-12-21(13-11-20)31-24-22(15-28-31)25(33)30(16-27-24)29-23(32)14-17-6-8-19(9-7-17)18-4-2-1-3-5-18/h1-13,15-16H,14H2,(H,29,32). The molecule has 162 valence electrons. The number of carbonyl (C=O) groups is 1. The molecule has 0 bridgehead atoms. The average Bonchev–Trinajstić information content (AvgIpc) is 3.27. The lowest BCUT2D eigenvalue weighted by Gasteiger charge is -2.09. The fraction of sp³-hybridized carbons (Fsp3) is 0.0400. The van der Waals surface area contributed by atoms with Crippen LogP contribution in [0.2, 0.25) is 0 Å². The van der Waals surface area contributed by atoms with Gasteiger partial charge in [-0.25, -0.2) is 18.7 Å². The number of rotatable bonds is 5. The molecule has 0 radical (unpaired) electrons. The van der Waals surface area contributed by atoms with E-state index in [0.29, 0.717) is 11.3 Å². The number of aromatic nitrogens is 4. The van der Waals surface area contributed by atoms with Crippen LogP contribution in [0.3, 0.4) is 0 Å². The van der Waals surface area contributed by atoms with E-state index in [1.165, 1.54) is 29.3 Å². The van der Waals surface area contributed by atoms with E-state index in [9.17, 15) is 14.0 Å². The predicted molar refractivity (Wildman–Crippen MR) is 123 cm³/mol. The van der Waals surface area contributed by atoms with Crippen LogP contribution in [0.4, 0.5) is 4.39 Å². The quantitative estimate of drug-likeness (QED) is 0.453. The van der Waals surface area contributed by atoms with E-state index < -0.39 is 5.56 Å². The second kappa shape index (κ2) is 8.51. The van der Waals surface area contributed by atoms with Gasteiger partial charge in [-0.15, -0.1) is 0 Å². The van der Waals surface area contributed by atoms with Gasteiger partial charge in [-0.2, -0.15) is 5.10 Å². The Morgan fingerprint density at radius 3 is 2.33 bits per heavy atom. The Morgan fingerprint density at radius 1 is 0.909 bits per heavy atom. The fourth-order valence-electron chi connectivity index (χ4n) is 3.57. The van der Waals surface area contributed by atoms with Crippen LogP contribution in [0.15, 0.2) is 96.2 Å². The van der Waals surface area contributed by atoms with Gasteiger partial charge in [0.05, 0.1) is 18.3 Å². The van der Waals surface area contributed by atoms with Crippen LogP contribution in [-0.2, 0) is 11.2 Å². The maximum absolute atomic E-state index is 13.2. The minimum Gasteiger partial charge on any atom is -0.273 e. The number of carbonyl (C=O) groups excluding carboxylic acids is 1. The van der Waals surface area contributed by atoms with E-state index >= 15 is 0 Å². The smallest absolute Gasteiger partial charge is 0.273 e. The van der Waals surface area contributed by atoms with Crippen LogP contribution in [0, 0.1) is 5.82 Å². The summed E-state index contributed by atoms with van der Waals surface area (Å²) in [6.45, 7) is 0. The summed E-state index contributed by atoms with van der Waals surface area (Å²) in [7, 11) is 0. The SMILES string of the molecule is O=C(Cc1ccc(-c2ccccc2)cc1)Nn1cnc2c(cnn2-c2ccc(F)cc2)c1=O. The van der Waals surface area contributed by atoms with Crippen LogP contribution in [0.1, 0.15) is 5.56 Å². The van der Waals surface area contributed by atoms with Gasteiger partial charge in [-0.1, -0.05) is 54.6 Å². The molecule has 1 N–H and O–H groups in total. The summed E-state index contributed by atoms with van der Waals surface area (Å²) in [5.41, 5.74) is 5.97. The van der Waals surface area contributed by atoms with Crippen LogP contribution >= 0.6 is 0 Å². The van der Waals surface area contributed by atoms with Crippen LogP contribution in [-0.4, -0.2) is 25.3 Å².